The second-order valence-electron chi connectivity index (χ2n) is 8.16. The van der Waals surface area contributed by atoms with Crippen LogP contribution in [-0.4, -0.2) is 41.8 Å². The highest BCUT2D eigenvalue weighted by molar-refractivity contribution is 5.88. The fourth-order valence-corrected chi connectivity index (χ4v) is 3.72. The van der Waals surface area contributed by atoms with E-state index in [-0.39, 0.29) is 35.9 Å². The number of hydrogen-bond donors (Lipinski definition) is 2. The van der Waals surface area contributed by atoms with Gasteiger partial charge in [0.15, 0.2) is 0 Å². The maximum absolute atomic E-state index is 12.7. The van der Waals surface area contributed by atoms with Gasteiger partial charge in [-0.2, -0.15) is 0 Å². The lowest BCUT2D eigenvalue weighted by molar-refractivity contribution is -0.143. The van der Waals surface area contributed by atoms with Crippen molar-refractivity contribution in [1.29, 1.82) is 0 Å². The first-order chi connectivity index (χ1) is 12.2. The van der Waals surface area contributed by atoms with Gasteiger partial charge in [-0.1, -0.05) is 18.2 Å². The van der Waals surface area contributed by atoms with Gasteiger partial charge in [0, 0.05) is 29.9 Å². The van der Waals surface area contributed by atoms with Crippen molar-refractivity contribution in [2.75, 3.05) is 13.2 Å². The summed E-state index contributed by atoms with van der Waals surface area (Å²) < 4.78 is 11.3. The number of hydrogen-bond acceptors (Lipinski definition) is 4. The van der Waals surface area contributed by atoms with Crippen LogP contribution in [0.4, 0.5) is 0 Å². The minimum Gasteiger partial charge on any atom is -0.493 e. The quantitative estimate of drug-likeness (QED) is 0.813. The van der Waals surface area contributed by atoms with E-state index in [9.17, 15) is 14.7 Å². The molecular weight excluding hydrogens is 334 g/mol. The van der Waals surface area contributed by atoms with Crippen molar-refractivity contribution in [3.05, 3.63) is 29.8 Å². The molecule has 6 nitrogen and oxygen atoms in total. The second-order valence-corrected chi connectivity index (χ2v) is 8.16. The lowest BCUT2D eigenvalue weighted by atomic mass is 9.87. The number of carbonyl (C=O) groups is 2. The van der Waals surface area contributed by atoms with Gasteiger partial charge in [-0.3, -0.25) is 4.79 Å². The molecule has 0 bridgehead atoms. The van der Waals surface area contributed by atoms with E-state index in [0.717, 1.165) is 24.2 Å². The lowest BCUT2D eigenvalue weighted by Gasteiger charge is -2.27. The van der Waals surface area contributed by atoms with E-state index in [4.69, 9.17) is 9.47 Å². The summed E-state index contributed by atoms with van der Waals surface area (Å²) in [6.45, 7) is 6.61. The summed E-state index contributed by atoms with van der Waals surface area (Å²) in [5.41, 5.74) is 0.526. The number of ether oxygens (including phenoxy) is 2. The van der Waals surface area contributed by atoms with Gasteiger partial charge in [0.2, 0.25) is 5.91 Å². The Hall–Kier alpha value is -2.08. The first kappa shape index (κ1) is 18.7. The van der Waals surface area contributed by atoms with Gasteiger partial charge in [-0.05, 0) is 39.7 Å². The van der Waals surface area contributed by atoms with E-state index in [1.54, 1.807) is 0 Å². The molecule has 1 aromatic rings. The molecule has 3 atom stereocenters. The number of rotatable bonds is 6. The maximum Gasteiger partial charge on any atom is 0.326 e. The Morgan fingerprint density at radius 2 is 2.12 bits per heavy atom. The van der Waals surface area contributed by atoms with E-state index in [1.165, 1.54) is 0 Å². The summed E-state index contributed by atoms with van der Waals surface area (Å²) in [5, 5.41) is 12.1. The molecule has 1 aliphatic carbocycles. The minimum absolute atomic E-state index is 0.190. The van der Waals surface area contributed by atoms with Crippen LogP contribution in [0.1, 0.15) is 45.6 Å². The maximum atomic E-state index is 12.7. The number of carboxylic acid groups (broad SMARTS) is 1. The van der Waals surface area contributed by atoms with Gasteiger partial charge in [0.25, 0.3) is 0 Å². The van der Waals surface area contributed by atoms with Crippen LogP contribution in [0.3, 0.4) is 0 Å². The number of para-hydroxylation sites is 1. The van der Waals surface area contributed by atoms with E-state index in [0.29, 0.717) is 6.61 Å². The zero-order valence-corrected chi connectivity index (χ0v) is 15.6. The van der Waals surface area contributed by atoms with Crippen LogP contribution in [0.2, 0.25) is 0 Å². The van der Waals surface area contributed by atoms with Gasteiger partial charge in [-0.25, -0.2) is 4.79 Å². The molecule has 1 spiro atoms. The smallest absolute Gasteiger partial charge is 0.326 e. The van der Waals surface area contributed by atoms with Crippen LogP contribution in [0.15, 0.2) is 24.3 Å². The largest absolute Gasteiger partial charge is 0.493 e. The highest BCUT2D eigenvalue weighted by atomic mass is 16.5. The van der Waals surface area contributed by atoms with Crippen LogP contribution < -0.4 is 10.1 Å². The predicted molar refractivity (Wildman–Crippen MR) is 96.2 cm³/mol. The van der Waals surface area contributed by atoms with Crippen molar-refractivity contribution in [2.45, 2.75) is 57.1 Å². The van der Waals surface area contributed by atoms with Crippen LogP contribution >= 0.6 is 0 Å². The standard InChI is InChI=1S/C20H27NO5/c1-19(2,3)26-10-8-15(18(23)24)21-17(22)14-12-20(14)9-11-25-16-7-5-4-6-13(16)20/h4-7,14-15H,8-12H2,1-3H3,(H,21,22)(H,23,24)/t14-,15?,20-/m0/s1. The average Bonchev–Trinajstić information content (AvgIpc) is 3.28. The number of carbonyl (C=O) groups excluding carboxylic acids is 1. The molecule has 1 aliphatic heterocycles. The van der Waals surface area contributed by atoms with Gasteiger partial charge >= 0.3 is 5.97 Å². The molecule has 0 radical (unpaired) electrons. The van der Waals surface area contributed by atoms with Gasteiger partial charge in [0.1, 0.15) is 11.8 Å². The highest BCUT2D eigenvalue weighted by Gasteiger charge is 2.61. The molecule has 2 aliphatic rings. The zero-order valence-electron chi connectivity index (χ0n) is 15.6. The van der Waals surface area contributed by atoms with Gasteiger partial charge in [0.05, 0.1) is 12.2 Å². The molecule has 142 valence electrons. The zero-order chi connectivity index (χ0) is 18.9. The Labute approximate surface area is 153 Å². The van der Waals surface area contributed by atoms with E-state index < -0.39 is 12.0 Å². The third-order valence-corrected chi connectivity index (χ3v) is 5.18. The van der Waals surface area contributed by atoms with Crippen LogP contribution in [-0.2, 0) is 19.7 Å². The molecule has 1 aromatic carbocycles. The van der Waals surface area contributed by atoms with E-state index >= 15 is 0 Å². The fraction of sp³-hybridized carbons (Fsp3) is 0.600. The second kappa shape index (κ2) is 6.91. The van der Waals surface area contributed by atoms with Crippen molar-refractivity contribution in [3.63, 3.8) is 0 Å². The number of nitrogens with one attached hydrogen (secondary N) is 1. The van der Waals surface area contributed by atoms with E-state index in [1.807, 2.05) is 45.0 Å². The van der Waals surface area contributed by atoms with Gasteiger partial charge in [-0.15, -0.1) is 0 Å². The molecule has 1 fully saturated rings. The Balaban J connectivity index is 1.63. The number of aliphatic carboxylic acids is 1. The first-order valence-electron chi connectivity index (χ1n) is 9.12. The predicted octanol–water partition coefficient (Wildman–Crippen LogP) is 2.50. The SMILES string of the molecule is CC(C)(C)OCCC(NC(=O)[C@@H]1C[C@]12CCOc1ccccc12)C(=O)O. The monoisotopic (exact) mass is 361 g/mol. The molecule has 1 amide bonds. The molecule has 0 saturated heterocycles. The number of fused-ring (bicyclic) bond motifs is 2. The summed E-state index contributed by atoms with van der Waals surface area (Å²) in [4.78, 5) is 24.2. The molecule has 3 rings (SSSR count). The molecule has 6 heteroatoms. The molecule has 1 saturated carbocycles. The van der Waals surface area contributed by atoms with Crippen molar-refractivity contribution in [1.82, 2.24) is 5.32 Å². The Kier molecular flexibility index (Phi) is 4.97. The molecule has 1 unspecified atom stereocenters. The number of amides is 1. The summed E-state index contributed by atoms with van der Waals surface area (Å²) in [6, 6.07) is 6.87. The Bertz CT molecular complexity index is 696. The number of benzene rings is 1. The van der Waals surface area contributed by atoms with Crippen molar-refractivity contribution >= 4 is 11.9 Å². The molecular formula is C20H27NO5. The number of carboxylic acids is 1. The van der Waals surface area contributed by atoms with Gasteiger partial charge < -0.3 is 19.9 Å². The summed E-state index contributed by atoms with van der Waals surface area (Å²) in [7, 11) is 0. The summed E-state index contributed by atoms with van der Waals surface area (Å²) in [5.74, 6) is -0.580. The summed E-state index contributed by atoms with van der Waals surface area (Å²) in [6.07, 6.45) is 1.77. The molecule has 0 aromatic heterocycles. The highest BCUT2D eigenvalue weighted by Crippen LogP contribution is 2.60. The summed E-state index contributed by atoms with van der Waals surface area (Å²) >= 11 is 0. The minimum atomic E-state index is -1.03. The molecule has 2 N–H and O–H groups in total. The average molecular weight is 361 g/mol. The first-order valence-corrected chi connectivity index (χ1v) is 9.12. The van der Waals surface area contributed by atoms with Crippen LogP contribution in [0, 0.1) is 5.92 Å². The van der Waals surface area contributed by atoms with Crippen LogP contribution in [0.25, 0.3) is 0 Å². The fourth-order valence-electron chi connectivity index (χ4n) is 3.72. The van der Waals surface area contributed by atoms with Crippen molar-refractivity contribution in [2.24, 2.45) is 5.92 Å². The van der Waals surface area contributed by atoms with Crippen molar-refractivity contribution < 1.29 is 24.2 Å². The third kappa shape index (κ3) is 3.85. The van der Waals surface area contributed by atoms with Crippen LogP contribution in [0.5, 0.6) is 5.75 Å². The Morgan fingerprint density at radius 3 is 2.81 bits per heavy atom. The van der Waals surface area contributed by atoms with E-state index in [2.05, 4.69) is 5.32 Å². The Morgan fingerprint density at radius 1 is 1.38 bits per heavy atom. The molecule has 26 heavy (non-hydrogen) atoms. The topological polar surface area (TPSA) is 84.9 Å². The molecule has 1 heterocycles. The normalized spacial score (nSPS) is 25.1. The lowest BCUT2D eigenvalue weighted by Crippen LogP contribution is -2.43. The van der Waals surface area contributed by atoms with Crippen molar-refractivity contribution in [3.8, 4) is 5.75 Å². The third-order valence-electron chi connectivity index (χ3n) is 5.18.